The maximum absolute atomic E-state index is 12.7. The van der Waals surface area contributed by atoms with Gasteiger partial charge in [0.15, 0.2) is 5.78 Å². The lowest BCUT2D eigenvalue weighted by Gasteiger charge is -2.34. The zero-order valence-electron chi connectivity index (χ0n) is 13.6. The molecular weight excluding hydrogens is 302 g/mol. The fourth-order valence-corrected chi connectivity index (χ4v) is 2.95. The first kappa shape index (κ1) is 17.3. The lowest BCUT2D eigenvalue weighted by molar-refractivity contribution is -0.0652. The summed E-state index contributed by atoms with van der Waals surface area (Å²) in [6, 6.07) is 5.20. The molecule has 4 nitrogen and oxygen atoms in total. The minimum Gasteiger partial charge on any atom is -0.490 e. The van der Waals surface area contributed by atoms with Crippen molar-refractivity contribution in [1.82, 2.24) is 4.90 Å². The van der Waals surface area contributed by atoms with E-state index in [1.54, 1.807) is 18.2 Å². The van der Waals surface area contributed by atoms with Crippen LogP contribution < -0.4 is 4.74 Å². The van der Waals surface area contributed by atoms with Crippen molar-refractivity contribution < 1.29 is 14.3 Å². The van der Waals surface area contributed by atoms with E-state index in [0.717, 1.165) is 13.1 Å². The lowest BCUT2D eigenvalue weighted by atomic mass is 10.1. The Labute approximate surface area is 137 Å². The van der Waals surface area contributed by atoms with E-state index in [0.29, 0.717) is 22.9 Å². The molecule has 0 N–H and O–H groups in total. The zero-order valence-corrected chi connectivity index (χ0v) is 14.4. The van der Waals surface area contributed by atoms with E-state index in [9.17, 15) is 4.79 Å². The third-order valence-electron chi connectivity index (χ3n) is 3.47. The van der Waals surface area contributed by atoms with Crippen molar-refractivity contribution in [2.24, 2.45) is 0 Å². The second-order valence-corrected chi connectivity index (χ2v) is 6.62. The van der Waals surface area contributed by atoms with Crippen LogP contribution in [0.25, 0.3) is 0 Å². The molecule has 0 aromatic heterocycles. The normalized spacial score (nSPS) is 22.8. The van der Waals surface area contributed by atoms with Crippen molar-refractivity contribution in [1.29, 1.82) is 0 Å². The summed E-state index contributed by atoms with van der Waals surface area (Å²) in [7, 11) is 0. The van der Waals surface area contributed by atoms with Crippen LogP contribution in [0.5, 0.6) is 5.75 Å². The Morgan fingerprint density at radius 1 is 1.36 bits per heavy atom. The van der Waals surface area contributed by atoms with Gasteiger partial charge in [-0.25, -0.2) is 0 Å². The van der Waals surface area contributed by atoms with Gasteiger partial charge in [0.2, 0.25) is 0 Å². The zero-order chi connectivity index (χ0) is 16.3. The summed E-state index contributed by atoms with van der Waals surface area (Å²) in [6.07, 6.45) is 0.292. The van der Waals surface area contributed by atoms with E-state index in [2.05, 4.69) is 4.90 Å². The Kier molecular flexibility index (Phi) is 5.84. The maximum Gasteiger partial charge on any atom is 0.180 e. The van der Waals surface area contributed by atoms with Crippen LogP contribution in [-0.2, 0) is 4.74 Å². The molecular formula is C17H24ClNO3. The number of ether oxygens (including phenoxy) is 2. The number of carbonyl (C=O) groups excluding carboxylic acids is 1. The topological polar surface area (TPSA) is 38.8 Å². The number of hydrogen-bond acceptors (Lipinski definition) is 4. The number of morpholine rings is 1. The fraction of sp³-hybridized carbons (Fsp3) is 0.588. The van der Waals surface area contributed by atoms with E-state index in [-0.39, 0.29) is 24.1 Å². The maximum atomic E-state index is 12.7. The first-order chi connectivity index (χ1) is 10.3. The van der Waals surface area contributed by atoms with Gasteiger partial charge in [0.05, 0.1) is 30.4 Å². The van der Waals surface area contributed by atoms with Crippen LogP contribution in [0.15, 0.2) is 18.2 Å². The van der Waals surface area contributed by atoms with Crippen LogP contribution in [-0.4, -0.2) is 48.6 Å². The average Bonchev–Trinajstić information content (AvgIpc) is 2.39. The number of rotatable bonds is 5. The van der Waals surface area contributed by atoms with Gasteiger partial charge in [-0.05, 0) is 45.9 Å². The Balaban J connectivity index is 2.13. The summed E-state index contributed by atoms with van der Waals surface area (Å²) in [4.78, 5) is 14.8. The third-order valence-corrected chi connectivity index (χ3v) is 3.70. The predicted octanol–water partition coefficient (Wildman–Crippen LogP) is 3.42. The first-order valence-electron chi connectivity index (χ1n) is 7.72. The molecule has 0 spiro atoms. The standard InChI is InChI=1S/C17H24ClNO3/c1-11(2)21-17-6-5-14(18)7-15(17)16(20)10-19-8-12(3)22-13(4)9-19/h5-7,11-13H,8-10H2,1-4H3. The molecule has 0 radical (unpaired) electrons. The van der Waals surface area contributed by atoms with Crippen LogP contribution >= 0.6 is 11.6 Å². The minimum atomic E-state index is 0.0103. The van der Waals surface area contributed by atoms with Gasteiger partial charge in [-0.2, -0.15) is 0 Å². The molecule has 5 heteroatoms. The summed E-state index contributed by atoms with van der Waals surface area (Å²) >= 11 is 6.05. The van der Waals surface area contributed by atoms with Crippen molar-refractivity contribution in [3.63, 3.8) is 0 Å². The summed E-state index contributed by atoms with van der Waals surface area (Å²) in [6.45, 7) is 9.81. The molecule has 1 saturated heterocycles. The Morgan fingerprint density at radius 2 is 2.00 bits per heavy atom. The van der Waals surface area contributed by atoms with E-state index >= 15 is 0 Å². The molecule has 122 valence electrons. The van der Waals surface area contributed by atoms with E-state index in [1.807, 2.05) is 27.7 Å². The van der Waals surface area contributed by atoms with Gasteiger partial charge in [0.25, 0.3) is 0 Å². The number of benzene rings is 1. The number of nitrogens with zero attached hydrogens (tertiary/aromatic N) is 1. The number of Topliss-reactive ketones (excluding diaryl/α,β-unsaturated/α-hetero) is 1. The SMILES string of the molecule is CC(C)Oc1ccc(Cl)cc1C(=O)CN1CC(C)OC(C)C1. The van der Waals surface area contributed by atoms with Crippen LogP contribution in [0.3, 0.4) is 0 Å². The number of ketones is 1. The number of carbonyl (C=O) groups is 1. The molecule has 1 aromatic rings. The number of halogens is 1. The minimum absolute atomic E-state index is 0.0103. The molecule has 2 unspecified atom stereocenters. The van der Waals surface area contributed by atoms with Crippen molar-refractivity contribution in [2.45, 2.75) is 46.0 Å². The molecule has 2 atom stereocenters. The van der Waals surface area contributed by atoms with Crippen LogP contribution in [0.4, 0.5) is 0 Å². The Hall–Kier alpha value is -1.10. The van der Waals surface area contributed by atoms with Gasteiger partial charge in [-0.1, -0.05) is 11.6 Å². The van der Waals surface area contributed by atoms with Crippen molar-refractivity contribution in [3.8, 4) is 5.75 Å². The van der Waals surface area contributed by atoms with Crippen LogP contribution in [0.2, 0.25) is 5.02 Å². The highest BCUT2D eigenvalue weighted by atomic mass is 35.5. The van der Waals surface area contributed by atoms with Gasteiger partial charge >= 0.3 is 0 Å². The van der Waals surface area contributed by atoms with Crippen LogP contribution in [0.1, 0.15) is 38.1 Å². The molecule has 1 aromatic carbocycles. The summed E-state index contributed by atoms with van der Waals surface area (Å²) in [5.74, 6) is 0.623. The van der Waals surface area contributed by atoms with Gasteiger partial charge in [-0.3, -0.25) is 9.69 Å². The second-order valence-electron chi connectivity index (χ2n) is 6.18. The van der Waals surface area contributed by atoms with E-state index in [1.165, 1.54) is 0 Å². The fourth-order valence-electron chi connectivity index (χ4n) is 2.78. The van der Waals surface area contributed by atoms with Crippen molar-refractivity contribution >= 4 is 17.4 Å². The predicted molar refractivity (Wildman–Crippen MR) is 88.0 cm³/mol. The van der Waals surface area contributed by atoms with Gasteiger partial charge < -0.3 is 9.47 Å². The molecule has 1 heterocycles. The molecule has 0 amide bonds. The van der Waals surface area contributed by atoms with Crippen molar-refractivity contribution in [3.05, 3.63) is 28.8 Å². The largest absolute Gasteiger partial charge is 0.490 e. The molecule has 1 aliphatic heterocycles. The molecule has 0 bridgehead atoms. The van der Waals surface area contributed by atoms with Gasteiger partial charge in [0.1, 0.15) is 5.75 Å². The van der Waals surface area contributed by atoms with Gasteiger partial charge in [0, 0.05) is 18.1 Å². The highest BCUT2D eigenvalue weighted by Gasteiger charge is 2.25. The average molecular weight is 326 g/mol. The second kappa shape index (κ2) is 7.44. The summed E-state index contributed by atoms with van der Waals surface area (Å²) < 4.78 is 11.4. The molecule has 2 rings (SSSR count). The molecule has 22 heavy (non-hydrogen) atoms. The highest BCUT2D eigenvalue weighted by Crippen LogP contribution is 2.25. The summed E-state index contributed by atoms with van der Waals surface area (Å²) in [5.41, 5.74) is 0.549. The smallest absolute Gasteiger partial charge is 0.180 e. The third kappa shape index (κ3) is 4.70. The van der Waals surface area contributed by atoms with E-state index in [4.69, 9.17) is 21.1 Å². The Bertz CT molecular complexity index is 523. The molecule has 0 saturated carbocycles. The molecule has 1 fully saturated rings. The summed E-state index contributed by atoms with van der Waals surface area (Å²) in [5, 5.41) is 0.545. The van der Waals surface area contributed by atoms with Crippen molar-refractivity contribution in [2.75, 3.05) is 19.6 Å². The first-order valence-corrected chi connectivity index (χ1v) is 8.10. The molecule has 0 aliphatic carbocycles. The van der Waals surface area contributed by atoms with E-state index < -0.39 is 0 Å². The quantitative estimate of drug-likeness (QED) is 0.778. The van der Waals surface area contributed by atoms with Gasteiger partial charge in [-0.15, -0.1) is 0 Å². The monoisotopic (exact) mass is 325 g/mol. The highest BCUT2D eigenvalue weighted by molar-refractivity contribution is 6.31. The number of hydrogen-bond donors (Lipinski definition) is 0. The van der Waals surface area contributed by atoms with Crippen LogP contribution in [0, 0.1) is 0 Å². The molecule has 1 aliphatic rings. The lowest BCUT2D eigenvalue weighted by Crippen LogP contribution is -2.47. The Morgan fingerprint density at radius 3 is 2.59 bits per heavy atom.